The molecule has 0 aromatic heterocycles. The molecule has 1 unspecified atom stereocenters. The number of carbonyl (C=O) groups is 1. The zero-order chi connectivity index (χ0) is 17.4. The number of methoxy groups -OCH3 is 1. The third-order valence-electron chi connectivity index (χ3n) is 5.18. The number of amides is 1. The molecule has 1 atom stereocenters. The van der Waals surface area contributed by atoms with Gasteiger partial charge in [0.1, 0.15) is 5.75 Å². The minimum Gasteiger partial charge on any atom is -0.497 e. The third kappa shape index (κ3) is 3.36. The van der Waals surface area contributed by atoms with E-state index in [4.69, 9.17) is 4.74 Å². The summed E-state index contributed by atoms with van der Waals surface area (Å²) in [5.74, 6) is -0.0544. The van der Waals surface area contributed by atoms with Crippen molar-refractivity contribution in [3.63, 3.8) is 0 Å². The fourth-order valence-corrected chi connectivity index (χ4v) is 3.60. The molecule has 1 saturated carbocycles. The fourth-order valence-electron chi connectivity index (χ4n) is 3.60. The Morgan fingerprint density at radius 2 is 2.08 bits per heavy atom. The van der Waals surface area contributed by atoms with Crippen LogP contribution in [0, 0.1) is 11.3 Å². The average Bonchev–Trinajstić information content (AvgIpc) is 3.25. The summed E-state index contributed by atoms with van der Waals surface area (Å²) in [6.07, 6.45) is -1.72. The Balaban J connectivity index is 1.65. The summed E-state index contributed by atoms with van der Waals surface area (Å²) in [4.78, 5) is 12.3. The van der Waals surface area contributed by atoms with Crippen LogP contribution >= 0.6 is 0 Å². The Morgan fingerprint density at radius 3 is 2.71 bits per heavy atom. The van der Waals surface area contributed by atoms with E-state index in [2.05, 4.69) is 10.6 Å². The maximum Gasteiger partial charge on any atom is 0.416 e. The highest BCUT2D eigenvalue weighted by Gasteiger charge is 2.57. The minimum absolute atomic E-state index is 0.0525. The Kier molecular flexibility index (Phi) is 4.46. The monoisotopic (exact) mass is 342 g/mol. The fraction of sp³-hybridized carbons (Fsp3) is 0.588. The van der Waals surface area contributed by atoms with Gasteiger partial charge in [-0.3, -0.25) is 4.79 Å². The Morgan fingerprint density at radius 1 is 1.38 bits per heavy atom. The third-order valence-corrected chi connectivity index (χ3v) is 5.18. The van der Waals surface area contributed by atoms with Crippen LogP contribution in [0.5, 0.6) is 5.75 Å². The van der Waals surface area contributed by atoms with Gasteiger partial charge in [0, 0.05) is 12.5 Å². The van der Waals surface area contributed by atoms with Crippen molar-refractivity contribution in [2.45, 2.75) is 32.0 Å². The molecule has 1 aromatic carbocycles. The lowest BCUT2D eigenvalue weighted by Gasteiger charge is -2.23. The topological polar surface area (TPSA) is 50.4 Å². The van der Waals surface area contributed by atoms with Crippen molar-refractivity contribution < 1.29 is 22.7 Å². The number of ether oxygens (including phenoxy) is 1. The first-order valence-electron chi connectivity index (χ1n) is 8.08. The van der Waals surface area contributed by atoms with Crippen molar-refractivity contribution in [3.05, 3.63) is 29.3 Å². The number of carbonyl (C=O) groups excluding carboxylic acids is 1. The van der Waals surface area contributed by atoms with Gasteiger partial charge < -0.3 is 15.4 Å². The number of benzene rings is 1. The van der Waals surface area contributed by atoms with Crippen LogP contribution in [0.15, 0.2) is 18.2 Å². The maximum atomic E-state index is 13.2. The van der Waals surface area contributed by atoms with Crippen molar-refractivity contribution in [1.29, 1.82) is 0 Å². The molecule has 132 valence electrons. The number of nitrogens with one attached hydrogen (secondary N) is 2. The summed E-state index contributed by atoms with van der Waals surface area (Å²) >= 11 is 0. The molecule has 0 radical (unpaired) electrons. The number of hydrogen-bond acceptors (Lipinski definition) is 3. The van der Waals surface area contributed by atoms with Crippen molar-refractivity contribution in [3.8, 4) is 5.75 Å². The largest absolute Gasteiger partial charge is 0.497 e. The maximum absolute atomic E-state index is 13.2. The van der Waals surface area contributed by atoms with E-state index in [1.165, 1.54) is 19.2 Å². The molecule has 0 bridgehead atoms. The van der Waals surface area contributed by atoms with E-state index in [0.717, 1.165) is 38.4 Å². The normalized spacial score (nSPS) is 22.2. The van der Waals surface area contributed by atoms with Crippen LogP contribution in [-0.4, -0.2) is 26.1 Å². The zero-order valence-corrected chi connectivity index (χ0v) is 13.5. The molecule has 1 amide bonds. The lowest BCUT2D eigenvalue weighted by molar-refractivity contribution is -0.138. The molecule has 1 spiro atoms. The molecular weight excluding hydrogens is 321 g/mol. The summed E-state index contributed by atoms with van der Waals surface area (Å²) < 4.78 is 44.4. The highest BCUT2D eigenvalue weighted by molar-refractivity contribution is 5.82. The number of piperidine rings is 1. The van der Waals surface area contributed by atoms with Gasteiger partial charge in [-0.25, -0.2) is 0 Å². The Bertz CT molecular complexity index is 625. The number of hydrogen-bond donors (Lipinski definition) is 2. The van der Waals surface area contributed by atoms with Gasteiger partial charge in [-0.15, -0.1) is 0 Å². The van der Waals surface area contributed by atoms with E-state index in [1.807, 2.05) is 0 Å². The summed E-state index contributed by atoms with van der Waals surface area (Å²) in [6.45, 7) is 1.68. The second-order valence-electron chi connectivity index (χ2n) is 6.61. The first kappa shape index (κ1) is 17.1. The van der Waals surface area contributed by atoms with Crippen molar-refractivity contribution in [2.75, 3.05) is 20.2 Å². The lowest BCUT2D eigenvalue weighted by atomic mass is 9.92. The van der Waals surface area contributed by atoms with E-state index >= 15 is 0 Å². The molecule has 1 aromatic rings. The van der Waals surface area contributed by atoms with Crippen LogP contribution in [0.4, 0.5) is 13.2 Å². The predicted octanol–water partition coefficient (Wildman–Crippen LogP) is 2.72. The highest BCUT2D eigenvalue weighted by atomic mass is 19.4. The molecule has 2 N–H and O–H groups in total. The van der Waals surface area contributed by atoms with Gasteiger partial charge in [-0.1, -0.05) is 6.07 Å². The average molecular weight is 342 g/mol. The van der Waals surface area contributed by atoms with E-state index in [1.54, 1.807) is 0 Å². The van der Waals surface area contributed by atoms with Crippen LogP contribution in [0.2, 0.25) is 0 Å². The molecule has 1 saturated heterocycles. The van der Waals surface area contributed by atoms with E-state index in [9.17, 15) is 18.0 Å². The smallest absolute Gasteiger partial charge is 0.416 e. The Labute approximate surface area is 138 Å². The molecule has 1 heterocycles. The molecule has 24 heavy (non-hydrogen) atoms. The van der Waals surface area contributed by atoms with Crippen molar-refractivity contribution >= 4 is 5.91 Å². The Hall–Kier alpha value is -1.76. The molecule has 3 rings (SSSR count). The van der Waals surface area contributed by atoms with E-state index in [0.29, 0.717) is 0 Å². The van der Waals surface area contributed by atoms with Crippen molar-refractivity contribution in [2.24, 2.45) is 11.3 Å². The van der Waals surface area contributed by atoms with Gasteiger partial charge in [-0.05, 0) is 55.5 Å². The van der Waals surface area contributed by atoms with Gasteiger partial charge in [0.15, 0.2) is 0 Å². The van der Waals surface area contributed by atoms with E-state index in [-0.39, 0.29) is 35.1 Å². The van der Waals surface area contributed by atoms with Crippen LogP contribution in [0.1, 0.15) is 30.4 Å². The van der Waals surface area contributed by atoms with Crippen LogP contribution in [-0.2, 0) is 17.5 Å². The molecule has 7 heteroatoms. The second-order valence-corrected chi connectivity index (χ2v) is 6.61. The molecule has 1 aliphatic heterocycles. The van der Waals surface area contributed by atoms with Crippen LogP contribution in [0.3, 0.4) is 0 Å². The number of alkyl halides is 3. The molecule has 1 aliphatic carbocycles. The van der Waals surface area contributed by atoms with Crippen molar-refractivity contribution in [1.82, 2.24) is 10.6 Å². The number of halogens is 3. The van der Waals surface area contributed by atoms with E-state index < -0.39 is 11.7 Å². The van der Waals surface area contributed by atoms with Gasteiger partial charge in [-0.2, -0.15) is 13.2 Å². The standard InChI is InChI=1S/C17H21F3N2O2/c1-24-12-3-2-11(13(8-12)17(18,19)20)10-22-15(23)14-9-16(14)4-6-21-7-5-16/h2-3,8,14,21H,4-7,9-10H2,1H3,(H,22,23). The SMILES string of the molecule is COc1ccc(CNC(=O)C2CC23CCNCC3)c(C(F)(F)F)c1. The summed E-state index contributed by atoms with van der Waals surface area (Å²) in [6, 6.07) is 3.80. The molecule has 2 aliphatic rings. The second kappa shape index (κ2) is 6.27. The summed E-state index contributed by atoms with van der Waals surface area (Å²) in [7, 11) is 1.32. The predicted molar refractivity (Wildman–Crippen MR) is 82.5 cm³/mol. The zero-order valence-electron chi connectivity index (χ0n) is 13.5. The quantitative estimate of drug-likeness (QED) is 0.885. The molecular formula is C17H21F3N2O2. The lowest BCUT2D eigenvalue weighted by Crippen LogP contribution is -2.33. The minimum atomic E-state index is -4.48. The van der Waals surface area contributed by atoms with Crippen LogP contribution in [0.25, 0.3) is 0 Å². The van der Waals surface area contributed by atoms with Gasteiger partial charge in [0.2, 0.25) is 5.91 Å². The first-order valence-corrected chi connectivity index (χ1v) is 8.08. The molecule has 4 nitrogen and oxygen atoms in total. The number of rotatable bonds is 4. The van der Waals surface area contributed by atoms with Gasteiger partial charge >= 0.3 is 6.18 Å². The van der Waals surface area contributed by atoms with Gasteiger partial charge in [0.25, 0.3) is 0 Å². The summed E-state index contributed by atoms with van der Waals surface area (Å²) in [5, 5.41) is 5.95. The van der Waals surface area contributed by atoms with Gasteiger partial charge in [0.05, 0.1) is 12.7 Å². The first-order chi connectivity index (χ1) is 11.4. The molecule has 2 fully saturated rings. The highest BCUT2D eigenvalue weighted by Crippen LogP contribution is 2.58. The summed E-state index contributed by atoms with van der Waals surface area (Å²) in [5.41, 5.74) is -0.645. The van der Waals surface area contributed by atoms with Crippen LogP contribution < -0.4 is 15.4 Å².